The van der Waals surface area contributed by atoms with Gasteiger partial charge in [0.2, 0.25) is 11.8 Å². The molecule has 1 aromatic rings. The van der Waals surface area contributed by atoms with Gasteiger partial charge in [0.15, 0.2) is 0 Å². The van der Waals surface area contributed by atoms with Crippen LogP contribution < -0.4 is 15.0 Å². The van der Waals surface area contributed by atoms with Crippen molar-refractivity contribution in [3.05, 3.63) is 23.3 Å². The highest BCUT2D eigenvalue weighted by Crippen LogP contribution is 2.41. The van der Waals surface area contributed by atoms with Gasteiger partial charge in [0.1, 0.15) is 18.4 Å². The molecule has 6 rings (SSSR count). The number of ether oxygens (including phenoxy) is 1. The van der Waals surface area contributed by atoms with Crippen molar-refractivity contribution >= 4 is 23.4 Å². The van der Waals surface area contributed by atoms with Crippen LogP contribution in [0.3, 0.4) is 0 Å². The number of hydrogen-bond acceptors (Lipinski definition) is 6. The lowest BCUT2D eigenvalue weighted by Gasteiger charge is -2.46. The van der Waals surface area contributed by atoms with E-state index in [1.165, 1.54) is 32.2 Å². The number of rotatable bonds is 3. The summed E-state index contributed by atoms with van der Waals surface area (Å²) in [5, 5.41) is 2.37. The Balaban J connectivity index is 1.19. The van der Waals surface area contributed by atoms with Gasteiger partial charge in [-0.05, 0) is 42.9 Å². The molecule has 8 nitrogen and oxygen atoms in total. The number of amides is 3. The summed E-state index contributed by atoms with van der Waals surface area (Å²) in [7, 11) is 0. The van der Waals surface area contributed by atoms with E-state index < -0.39 is 6.04 Å². The summed E-state index contributed by atoms with van der Waals surface area (Å²) >= 11 is 0. The Kier molecular flexibility index (Phi) is 4.86. The molecule has 1 aromatic carbocycles. The monoisotopic (exact) mass is 438 g/mol. The van der Waals surface area contributed by atoms with E-state index in [2.05, 4.69) is 21.2 Å². The van der Waals surface area contributed by atoms with E-state index in [4.69, 9.17) is 4.74 Å². The number of nitrogens with one attached hydrogen (secondary N) is 1. The third-order valence-corrected chi connectivity index (χ3v) is 7.90. The topological polar surface area (TPSA) is 82.2 Å². The van der Waals surface area contributed by atoms with Crippen LogP contribution in [0.5, 0.6) is 5.75 Å². The van der Waals surface area contributed by atoms with Crippen molar-refractivity contribution in [3.63, 3.8) is 0 Å². The second-order valence-electron chi connectivity index (χ2n) is 9.95. The number of piperidine rings is 1. The van der Waals surface area contributed by atoms with Crippen molar-refractivity contribution in [2.45, 2.75) is 57.2 Å². The Labute approximate surface area is 187 Å². The molecular weight excluding hydrogens is 408 g/mol. The highest BCUT2D eigenvalue weighted by molar-refractivity contribution is 6.05. The number of carbonyl (C=O) groups excluding carboxylic acids is 3. The Morgan fingerprint density at radius 1 is 1.03 bits per heavy atom. The molecule has 0 spiro atoms. The van der Waals surface area contributed by atoms with Crippen molar-refractivity contribution in [3.8, 4) is 5.75 Å². The standard InChI is InChI=1S/C24H30N4O4/c29-22-6-5-19(23(30)25-22)28-12-16-9-20-21(10-18(16)24(28)31)32-14-17-13-26(7-8-27(17)20)11-15-3-1-2-4-15/h9-10,15,17,19H,1-8,11-14H2,(H,25,29,30)/t17-,19?/m0/s1. The molecular formula is C24H30N4O4. The Bertz CT molecular complexity index is 973. The number of fused-ring (bicyclic) bond motifs is 4. The zero-order valence-corrected chi connectivity index (χ0v) is 18.3. The quantitative estimate of drug-likeness (QED) is 0.721. The molecule has 32 heavy (non-hydrogen) atoms. The van der Waals surface area contributed by atoms with E-state index >= 15 is 0 Å². The average molecular weight is 439 g/mol. The number of anilines is 1. The lowest BCUT2D eigenvalue weighted by Crippen LogP contribution is -2.57. The van der Waals surface area contributed by atoms with Crippen LogP contribution in [0.1, 0.15) is 54.4 Å². The fraction of sp³-hybridized carbons (Fsp3) is 0.625. The molecule has 1 aliphatic carbocycles. The Morgan fingerprint density at radius 2 is 1.88 bits per heavy atom. The average Bonchev–Trinajstić information content (AvgIpc) is 3.40. The van der Waals surface area contributed by atoms with E-state index in [1.54, 1.807) is 4.90 Å². The van der Waals surface area contributed by atoms with E-state index in [0.717, 1.165) is 42.6 Å². The van der Waals surface area contributed by atoms with E-state index in [1.807, 2.05) is 6.07 Å². The number of nitrogens with zero attached hydrogens (tertiary/aromatic N) is 3. The maximum atomic E-state index is 13.1. The molecule has 3 fully saturated rings. The molecule has 1 saturated carbocycles. The van der Waals surface area contributed by atoms with E-state index in [9.17, 15) is 14.4 Å². The molecule has 8 heteroatoms. The first-order valence-corrected chi connectivity index (χ1v) is 12.0. The van der Waals surface area contributed by atoms with Crippen LogP contribution in [0, 0.1) is 5.92 Å². The summed E-state index contributed by atoms with van der Waals surface area (Å²) in [4.78, 5) is 43.6. The predicted octanol–water partition coefficient (Wildman–Crippen LogP) is 1.52. The molecule has 3 amide bonds. The molecule has 5 aliphatic rings. The number of carbonyl (C=O) groups is 3. The summed E-state index contributed by atoms with van der Waals surface area (Å²) in [5.74, 6) is 0.831. The van der Waals surface area contributed by atoms with Crippen LogP contribution in [-0.2, 0) is 16.1 Å². The maximum Gasteiger partial charge on any atom is 0.255 e. The van der Waals surface area contributed by atoms with Crippen LogP contribution in [0.15, 0.2) is 12.1 Å². The normalized spacial score (nSPS) is 28.3. The van der Waals surface area contributed by atoms with Crippen LogP contribution >= 0.6 is 0 Å². The first-order chi connectivity index (χ1) is 15.6. The highest BCUT2D eigenvalue weighted by atomic mass is 16.5. The molecule has 0 bridgehead atoms. The molecule has 2 saturated heterocycles. The van der Waals surface area contributed by atoms with E-state index in [-0.39, 0.29) is 24.1 Å². The number of hydrogen-bond donors (Lipinski definition) is 1. The first-order valence-electron chi connectivity index (χ1n) is 12.0. The third-order valence-electron chi connectivity index (χ3n) is 7.90. The highest BCUT2D eigenvalue weighted by Gasteiger charge is 2.41. The lowest BCUT2D eigenvalue weighted by atomic mass is 10.0. The maximum absolute atomic E-state index is 13.1. The smallest absolute Gasteiger partial charge is 0.255 e. The zero-order valence-electron chi connectivity index (χ0n) is 18.3. The van der Waals surface area contributed by atoms with Gasteiger partial charge in [-0.1, -0.05) is 12.8 Å². The van der Waals surface area contributed by atoms with E-state index in [0.29, 0.717) is 31.2 Å². The van der Waals surface area contributed by atoms with Crippen molar-refractivity contribution in [2.24, 2.45) is 5.92 Å². The largest absolute Gasteiger partial charge is 0.489 e. The van der Waals surface area contributed by atoms with Gasteiger partial charge < -0.3 is 14.5 Å². The summed E-state index contributed by atoms with van der Waals surface area (Å²) in [6.07, 6.45) is 6.14. The fourth-order valence-electron chi connectivity index (χ4n) is 6.21. The third kappa shape index (κ3) is 3.36. The molecule has 1 N–H and O–H groups in total. The van der Waals surface area contributed by atoms with Gasteiger partial charge in [-0.15, -0.1) is 0 Å². The summed E-state index contributed by atoms with van der Waals surface area (Å²) in [6.45, 7) is 5.30. The number of benzene rings is 1. The fourth-order valence-corrected chi connectivity index (χ4v) is 6.21. The van der Waals surface area contributed by atoms with Gasteiger partial charge in [-0.3, -0.25) is 24.6 Å². The zero-order chi connectivity index (χ0) is 21.8. The molecule has 2 atom stereocenters. The minimum atomic E-state index is -0.586. The minimum Gasteiger partial charge on any atom is -0.489 e. The first kappa shape index (κ1) is 20.0. The molecule has 1 unspecified atom stereocenters. The molecule has 170 valence electrons. The SMILES string of the molecule is O=C1CCC(N2Cc3cc4c(cc3C2=O)OC[C@@H]2CN(CC3CCCC3)CCN42)C(=O)N1. The number of imide groups is 1. The number of piperazine rings is 1. The summed E-state index contributed by atoms with van der Waals surface area (Å²) in [6, 6.07) is 3.70. The van der Waals surface area contributed by atoms with Crippen molar-refractivity contribution in [1.29, 1.82) is 0 Å². The summed E-state index contributed by atoms with van der Waals surface area (Å²) < 4.78 is 6.14. The minimum absolute atomic E-state index is 0.149. The van der Waals surface area contributed by atoms with Crippen molar-refractivity contribution < 1.29 is 19.1 Å². The van der Waals surface area contributed by atoms with Gasteiger partial charge in [0.25, 0.3) is 5.91 Å². The van der Waals surface area contributed by atoms with Gasteiger partial charge in [-0.25, -0.2) is 0 Å². The van der Waals surface area contributed by atoms with Crippen molar-refractivity contribution in [2.75, 3.05) is 37.7 Å². The Hall–Kier alpha value is -2.61. The van der Waals surface area contributed by atoms with Gasteiger partial charge in [0.05, 0.1) is 11.7 Å². The van der Waals surface area contributed by atoms with Gasteiger partial charge >= 0.3 is 0 Å². The second-order valence-corrected chi connectivity index (χ2v) is 9.95. The molecule has 4 aliphatic heterocycles. The Morgan fingerprint density at radius 3 is 2.69 bits per heavy atom. The summed E-state index contributed by atoms with van der Waals surface area (Å²) in [5.41, 5.74) is 2.63. The van der Waals surface area contributed by atoms with Crippen LogP contribution in [0.2, 0.25) is 0 Å². The second kappa shape index (κ2) is 7.76. The molecule has 0 aromatic heterocycles. The van der Waals surface area contributed by atoms with Crippen molar-refractivity contribution in [1.82, 2.24) is 15.1 Å². The predicted molar refractivity (Wildman–Crippen MR) is 118 cm³/mol. The van der Waals surface area contributed by atoms with Crippen LogP contribution in [0.4, 0.5) is 5.69 Å². The molecule has 0 radical (unpaired) electrons. The van der Waals surface area contributed by atoms with Gasteiger partial charge in [0, 0.05) is 44.7 Å². The van der Waals surface area contributed by atoms with Crippen LogP contribution in [0.25, 0.3) is 0 Å². The van der Waals surface area contributed by atoms with Crippen LogP contribution in [-0.4, -0.2) is 72.4 Å². The molecule has 4 heterocycles. The van der Waals surface area contributed by atoms with Gasteiger partial charge in [-0.2, -0.15) is 0 Å². The lowest BCUT2D eigenvalue weighted by molar-refractivity contribution is -0.136.